The molecule has 3 heteroatoms. The summed E-state index contributed by atoms with van der Waals surface area (Å²) < 4.78 is 0. The van der Waals surface area contributed by atoms with E-state index in [-0.39, 0.29) is 0 Å². The molecule has 2 heterocycles. The van der Waals surface area contributed by atoms with Crippen LogP contribution in [0.1, 0.15) is 18.4 Å². The Balaban J connectivity index is 1.64. The van der Waals surface area contributed by atoms with Gasteiger partial charge in [-0.05, 0) is 30.7 Å². The van der Waals surface area contributed by atoms with Gasteiger partial charge in [0.1, 0.15) is 0 Å². The molecule has 0 amide bonds. The van der Waals surface area contributed by atoms with E-state index in [0.29, 0.717) is 0 Å². The Morgan fingerprint density at radius 2 is 2.17 bits per heavy atom. The van der Waals surface area contributed by atoms with E-state index in [1.54, 1.807) is 0 Å². The zero-order chi connectivity index (χ0) is 12.2. The largest absolute Gasteiger partial charge is 0.369 e. The second-order valence-corrected chi connectivity index (χ2v) is 5.10. The van der Waals surface area contributed by atoms with Crippen molar-refractivity contribution in [2.24, 2.45) is 5.92 Å². The highest BCUT2D eigenvalue weighted by atomic mass is 15.2. The van der Waals surface area contributed by atoms with Gasteiger partial charge in [-0.25, -0.2) is 0 Å². The Labute approximate surface area is 108 Å². The molecular weight excluding hydrogens is 222 g/mol. The molecule has 1 aliphatic heterocycles. The molecule has 1 unspecified atom stereocenters. The van der Waals surface area contributed by atoms with Crippen LogP contribution in [0.5, 0.6) is 0 Å². The summed E-state index contributed by atoms with van der Waals surface area (Å²) in [5.74, 6) is 0.760. The van der Waals surface area contributed by atoms with E-state index in [1.165, 1.54) is 30.5 Å². The van der Waals surface area contributed by atoms with Crippen LogP contribution in [-0.4, -0.2) is 23.3 Å². The van der Waals surface area contributed by atoms with Crippen LogP contribution in [0.25, 0.3) is 0 Å². The first-order chi connectivity index (χ1) is 8.92. The van der Waals surface area contributed by atoms with Gasteiger partial charge in [0.25, 0.3) is 0 Å². The molecule has 1 atom stereocenters. The molecule has 0 radical (unpaired) electrons. The summed E-state index contributed by atoms with van der Waals surface area (Å²) in [4.78, 5) is 2.45. The number of nitrogens with one attached hydrogen (secondary N) is 1. The molecule has 2 aromatic rings. The van der Waals surface area contributed by atoms with E-state index >= 15 is 0 Å². The molecule has 1 fully saturated rings. The van der Waals surface area contributed by atoms with Crippen LogP contribution in [0.2, 0.25) is 0 Å². The number of benzene rings is 1. The van der Waals surface area contributed by atoms with E-state index in [1.807, 2.05) is 12.4 Å². The molecule has 1 aliphatic rings. The van der Waals surface area contributed by atoms with Gasteiger partial charge in [-0.2, -0.15) is 5.10 Å². The molecule has 0 bridgehead atoms. The van der Waals surface area contributed by atoms with Crippen LogP contribution < -0.4 is 4.90 Å². The van der Waals surface area contributed by atoms with Crippen LogP contribution >= 0.6 is 0 Å². The second-order valence-electron chi connectivity index (χ2n) is 5.10. The van der Waals surface area contributed by atoms with Crippen LogP contribution in [-0.2, 0) is 6.42 Å². The van der Waals surface area contributed by atoms with Crippen LogP contribution in [0, 0.1) is 5.92 Å². The molecule has 0 saturated carbocycles. The van der Waals surface area contributed by atoms with Crippen LogP contribution in [0.15, 0.2) is 42.7 Å². The minimum absolute atomic E-state index is 0.760. The van der Waals surface area contributed by atoms with Crippen molar-refractivity contribution in [3.63, 3.8) is 0 Å². The van der Waals surface area contributed by atoms with E-state index in [4.69, 9.17) is 0 Å². The maximum Gasteiger partial charge on any atom is 0.0749 e. The molecule has 3 nitrogen and oxygen atoms in total. The topological polar surface area (TPSA) is 31.9 Å². The highest BCUT2D eigenvalue weighted by Gasteiger charge is 2.20. The molecule has 94 valence electrons. The summed E-state index contributed by atoms with van der Waals surface area (Å²) in [6.07, 6.45) is 7.72. The van der Waals surface area contributed by atoms with Gasteiger partial charge < -0.3 is 4.90 Å². The minimum Gasteiger partial charge on any atom is -0.369 e. The van der Waals surface area contributed by atoms with Gasteiger partial charge >= 0.3 is 0 Å². The number of piperidine rings is 1. The van der Waals surface area contributed by atoms with Crippen molar-refractivity contribution in [1.82, 2.24) is 10.2 Å². The zero-order valence-corrected chi connectivity index (χ0v) is 10.5. The number of aromatic amines is 1. The Bertz CT molecular complexity index is 464. The second kappa shape index (κ2) is 5.25. The van der Waals surface area contributed by atoms with Gasteiger partial charge in [-0.3, -0.25) is 5.10 Å². The van der Waals surface area contributed by atoms with Gasteiger partial charge in [0, 0.05) is 19.3 Å². The molecule has 3 rings (SSSR count). The number of rotatable bonds is 3. The lowest BCUT2D eigenvalue weighted by Gasteiger charge is -2.33. The van der Waals surface area contributed by atoms with E-state index in [2.05, 4.69) is 45.4 Å². The van der Waals surface area contributed by atoms with Gasteiger partial charge in [-0.1, -0.05) is 30.3 Å². The molecule has 1 N–H and O–H groups in total. The first-order valence-corrected chi connectivity index (χ1v) is 6.69. The summed E-state index contributed by atoms with van der Waals surface area (Å²) >= 11 is 0. The molecule has 1 aromatic carbocycles. The Morgan fingerprint density at radius 3 is 2.94 bits per heavy atom. The summed E-state index contributed by atoms with van der Waals surface area (Å²) in [5, 5.41) is 6.94. The minimum atomic E-state index is 0.760. The first-order valence-electron chi connectivity index (χ1n) is 6.69. The van der Waals surface area contributed by atoms with E-state index in [9.17, 15) is 0 Å². The van der Waals surface area contributed by atoms with Crippen molar-refractivity contribution in [3.8, 4) is 0 Å². The van der Waals surface area contributed by atoms with Gasteiger partial charge in [0.2, 0.25) is 0 Å². The van der Waals surface area contributed by atoms with Crippen molar-refractivity contribution in [1.29, 1.82) is 0 Å². The third kappa shape index (κ3) is 2.55. The molecule has 1 aromatic heterocycles. The summed E-state index contributed by atoms with van der Waals surface area (Å²) in [7, 11) is 0. The van der Waals surface area contributed by atoms with E-state index in [0.717, 1.165) is 19.0 Å². The Hall–Kier alpha value is -1.77. The predicted molar refractivity (Wildman–Crippen MR) is 73.7 cm³/mol. The van der Waals surface area contributed by atoms with Crippen molar-refractivity contribution in [2.45, 2.75) is 19.3 Å². The summed E-state index contributed by atoms with van der Waals surface area (Å²) in [5.41, 5.74) is 2.68. The van der Waals surface area contributed by atoms with Crippen molar-refractivity contribution < 1.29 is 0 Å². The van der Waals surface area contributed by atoms with Crippen molar-refractivity contribution in [2.75, 3.05) is 18.0 Å². The number of anilines is 1. The molecular formula is C15H19N3. The number of H-pyrrole nitrogens is 1. The number of aromatic nitrogens is 2. The third-order valence-corrected chi connectivity index (χ3v) is 3.74. The Morgan fingerprint density at radius 1 is 1.28 bits per heavy atom. The lowest BCUT2D eigenvalue weighted by Crippen LogP contribution is -2.36. The molecule has 18 heavy (non-hydrogen) atoms. The fraction of sp³-hybridized carbons (Fsp3) is 0.400. The highest BCUT2D eigenvalue weighted by Crippen LogP contribution is 2.24. The zero-order valence-electron chi connectivity index (χ0n) is 10.5. The third-order valence-electron chi connectivity index (χ3n) is 3.74. The van der Waals surface area contributed by atoms with Crippen molar-refractivity contribution >= 4 is 5.69 Å². The van der Waals surface area contributed by atoms with Crippen molar-refractivity contribution in [3.05, 3.63) is 48.3 Å². The quantitative estimate of drug-likeness (QED) is 0.896. The van der Waals surface area contributed by atoms with Gasteiger partial charge in [0.05, 0.1) is 11.9 Å². The molecule has 0 aliphatic carbocycles. The SMILES string of the molecule is c1ccc(CC2CCCN(c3cn[nH]c3)C2)cc1. The fourth-order valence-electron chi connectivity index (χ4n) is 2.83. The normalized spacial score (nSPS) is 20.0. The number of nitrogens with zero attached hydrogens (tertiary/aromatic N) is 2. The standard InChI is InChI=1S/C15H19N3/c1-2-5-13(6-3-1)9-14-7-4-8-18(12-14)15-10-16-17-11-15/h1-3,5-6,10-11,14H,4,7-9,12H2,(H,16,17). The maximum atomic E-state index is 4.04. The summed E-state index contributed by atoms with van der Waals surface area (Å²) in [6, 6.07) is 10.8. The Kier molecular flexibility index (Phi) is 3.31. The average molecular weight is 241 g/mol. The predicted octanol–water partition coefficient (Wildman–Crippen LogP) is 2.87. The van der Waals surface area contributed by atoms with Gasteiger partial charge in [0.15, 0.2) is 0 Å². The maximum absolute atomic E-state index is 4.04. The lowest BCUT2D eigenvalue weighted by molar-refractivity contribution is 0.413. The molecule has 1 saturated heterocycles. The monoisotopic (exact) mass is 241 g/mol. The number of hydrogen-bond donors (Lipinski definition) is 1. The van der Waals surface area contributed by atoms with Gasteiger partial charge in [-0.15, -0.1) is 0 Å². The average Bonchev–Trinajstić information content (AvgIpc) is 2.94. The van der Waals surface area contributed by atoms with Crippen LogP contribution in [0.4, 0.5) is 5.69 Å². The number of hydrogen-bond acceptors (Lipinski definition) is 2. The lowest BCUT2D eigenvalue weighted by atomic mass is 9.91. The fourth-order valence-corrected chi connectivity index (χ4v) is 2.83. The van der Waals surface area contributed by atoms with E-state index < -0.39 is 0 Å². The molecule has 0 spiro atoms. The van der Waals surface area contributed by atoms with Crippen LogP contribution in [0.3, 0.4) is 0 Å². The smallest absolute Gasteiger partial charge is 0.0749 e. The highest BCUT2D eigenvalue weighted by molar-refractivity contribution is 5.42. The summed E-state index contributed by atoms with van der Waals surface area (Å²) in [6.45, 7) is 2.30. The first kappa shape index (κ1) is 11.3.